The lowest BCUT2D eigenvalue weighted by atomic mass is 9.93. The largest absolute Gasteiger partial charge is 0.436 e. The van der Waals surface area contributed by atoms with Gasteiger partial charge in [0.2, 0.25) is 0 Å². The van der Waals surface area contributed by atoms with E-state index in [1.807, 2.05) is 18.2 Å². The summed E-state index contributed by atoms with van der Waals surface area (Å²) >= 11 is 1.72. The van der Waals surface area contributed by atoms with Crippen molar-refractivity contribution in [3.8, 4) is 0 Å². The van der Waals surface area contributed by atoms with E-state index in [1.165, 1.54) is 0 Å². The molecule has 7 heteroatoms. The summed E-state index contributed by atoms with van der Waals surface area (Å²) in [6.45, 7) is 9.44. The van der Waals surface area contributed by atoms with Gasteiger partial charge in [-0.2, -0.15) is 0 Å². The van der Waals surface area contributed by atoms with Crippen LogP contribution in [-0.2, 0) is 14.9 Å². The quantitative estimate of drug-likeness (QED) is 0.780. The van der Waals surface area contributed by atoms with Crippen molar-refractivity contribution < 1.29 is 14.3 Å². The highest BCUT2D eigenvalue weighted by Gasteiger charge is 2.30. The molecule has 0 radical (unpaired) electrons. The van der Waals surface area contributed by atoms with Crippen LogP contribution in [-0.4, -0.2) is 41.1 Å². The summed E-state index contributed by atoms with van der Waals surface area (Å²) in [6, 6.07) is 9.04. The molecule has 0 bridgehead atoms. The number of rotatable bonds is 4. The Kier molecular flexibility index (Phi) is 6.57. The number of benzene rings is 1. The Morgan fingerprint density at radius 1 is 1.21 bits per heavy atom. The van der Waals surface area contributed by atoms with Crippen LogP contribution in [0.2, 0.25) is 0 Å². The van der Waals surface area contributed by atoms with Crippen LogP contribution in [0.3, 0.4) is 0 Å². The molecule has 29 heavy (non-hydrogen) atoms. The summed E-state index contributed by atoms with van der Waals surface area (Å²) in [4.78, 5) is 31.3. The Balaban J connectivity index is 1.49. The summed E-state index contributed by atoms with van der Waals surface area (Å²) in [7, 11) is 0. The van der Waals surface area contributed by atoms with Crippen LogP contribution in [0.25, 0.3) is 0 Å². The standard InChI is InChI=1S/C22H29N3O3S/c1-15(28-21(27)23-17-8-6-5-7-9-17)20(26)25-12-10-16(11-13-25)19-24-18(14-29-19)22(2,3)4/h5-9,14-16H,10-13H2,1-4H3,(H,23,27). The number of amides is 2. The van der Waals surface area contributed by atoms with Crippen LogP contribution in [0, 0.1) is 0 Å². The van der Waals surface area contributed by atoms with Gasteiger partial charge in [0.05, 0.1) is 10.7 Å². The Bertz CT molecular complexity index is 836. The molecule has 2 amide bonds. The van der Waals surface area contributed by atoms with E-state index in [0.717, 1.165) is 23.5 Å². The van der Waals surface area contributed by atoms with Gasteiger partial charge in [-0.15, -0.1) is 11.3 Å². The number of piperidine rings is 1. The number of carbonyl (C=O) groups excluding carboxylic acids is 2. The SMILES string of the molecule is CC(OC(=O)Nc1ccccc1)C(=O)N1CCC(c2nc(C(C)(C)C)cs2)CC1. The second-order valence-electron chi connectivity index (χ2n) is 8.46. The number of carbonyl (C=O) groups is 2. The minimum absolute atomic E-state index is 0.0541. The third-order valence-corrected chi connectivity index (χ3v) is 6.11. The molecule has 1 aliphatic rings. The first-order valence-electron chi connectivity index (χ1n) is 10.0. The number of ether oxygens (including phenoxy) is 1. The molecule has 0 saturated carbocycles. The Labute approximate surface area is 176 Å². The predicted octanol–water partition coefficient (Wildman–Crippen LogP) is 4.78. The molecule has 1 fully saturated rings. The number of aromatic nitrogens is 1. The molecule has 1 aromatic heterocycles. The number of hydrogen-bond acceptors (Lipinski definition) is 5. The fourth-order valence-electron chi connectivity index (χ4n) is 3.30. The van der Waals surface area contributed by atoms with Gasteiger partial charge in [0.25, 0.3) is 5.91 Å². The van der Waals surface area contributed by atoms with E-state index in [1.54, 1.807) is 35.3 Å². The van der Waals surface area contributed by atoms with Gasteiger partial charge >= 0.3 is 6.09 Å². The second-order valence-corrected chi connectivity index (χ2v) is 9.35. The fourth-order valence-corrected chi connectivity index (χ4v) is 4.52. The normalized spacial score (nSPS) is 16.3. The van der Waals surface area contributed by atoms with Crippen molar-refractivity contribution in [2.45, 2.75) is 58.0 Å². The Morgan fingerprint density at radius 3 is 2.45 bits per heavy atom. The van der Waals surface area contributed by atoms with Gasteiger partial charge in [0, 0.05) is 35.5 Å². The van der Waals surface area contributed by atoms with Crippen LogP contribution in [0.1, 0.15) is 57.2 Å². The lowest BCUT2D eigenvalue weighted by molar-refractivity contribution is -0.140. The van der Waals surface area contributed by atoms with Crippen molar-refractivity contribution in [2.24, 2.45) is 0 Å². The van der Waals surface area contributed by atoms with Gasteiger partial charge < -0.3 is 9.64 Å². The molecule has 156 valence electrons. The van der Waals surface area contributed by atoms with Gasteiger partial charge in [0.15, 0.2) is 6.10 Å². The first-order valence-corrected chi connectivity index (χ1v) is 10.9. The molecule has 2 heterocycles. The zero-order valence-corrected chi connectivity index (χ0v) is 18.3. The average molecular weight is 416 g/mol. The topological polar surface area (TPSA) is 71.5 Å². The molecule has 0 aliphatic carbocycles. The number of nitrogens with zero attached hydrogens (tertiary/aromatic N) is 2. The predicted molar refractivity (Wildman–Crippen MR) is 115 cm³/mol. The fraction of sp³-hybridized carbons (Fsp3) is 0.500. The van der Waals surface area contributed by atoms with Gasteiger partial charge in [-0.1, -0.05) is 39.0 Å². The number of para-hydroxylation sites is 1. The van der Waals surface area contributed by atoms with E-state index >= 15 is 0 Å². The summed E-state index contributed by atoms with van der Waals surface area (Å²) in [5.74, 6) is 0.235. The lowest BCUT2D eigenvalue weighted by Crippen LogP contribution is -2.44. The van der Waals surface area contributed by atoms with Crippen LogP contribution < -0.4 is 5.32 Å². The third-order valence-electron chi connectivity index (χ3n) is 5.10. The van der Waals surface area contributed by atoms with E-state index in [9.17, 15) is 9.59 Å². The Hall–Kier alpha value is -2.41. The first kappa shape index (κ1) is 21.3. The highest BCUT2D eigenvalue weighted by molar-refractivity contribution is 7.09. The van der Waals surface area contributed by atoms with E-state index in [0.29, 0.717) is 24.7 Å². The second kappa shape index (κ2) is 8.95. The maximum atomic E-state index is 12.7. The van der Waals surface area contributed by atoms with E-state index in [4.69, 9.17) is 9.72 Å². The highest BCUT2D eigenvalue weighted by Crippen LogP contribution is 2.33. The molecule has 3 rings (SSSR count). The molecular weight excluding hydrogens is 386 g/mol. The van der Waals surface area contributed by atoms with E-state index in [2.05, 4.69) is 31.5 Å². The summed E-state index contributed by atoms with van der Waals surface area (Å²) in [5, 5.41) is 5.94. The van der Waals surface area contributed by atoms with Gasteiger partial charge in [-0.05, 0) is 31.9 Å². The van der Waals surface area contributed by atoms with Gasteiger partial charge in [0.1, 0.15) is 0 Å². The first-order chi connectivity index (χ1) is 13.7. The maximum Gasteiger partial charge on any atom is 0.412 e. The molecule has 2 aromatic rings. The number of nitrogens with one attached hydrogen (secondary N) is 1. The van der Waals surface area contributed by atoms with Crippen molar-refractivity contribution in [1.29, 1.82) is 0 Å². The van der Waals surface area contributed by atoms with E-state index in [-0.39, 0.29) is 11.3 Å². The molecule has 1 atom stereocenters. The molecule has 6 nitrogen and oxygen atoms in total. The van der Waals surface area contributed by atoms with Crippen LogP contribution in [0.15, 0.2) is 35.7 Å². The van der Waals surface area contributed by atoms with Crippen LogP contribution in [0.4, 0.5) is 10.5 Å². The van der Waals surface area contributed by atoms with Gasteiger partial charge in [-0.25, -0.2) is 9.78 Å². The molecule has 0 spiro atoms. The Morgan fingerprint density at radius 2 is 1.86 bits per heavy atom. The molecule has 1 saturated heterocycles. The average Bonchev–Trinajstić information content (AvgIpc) is 3.19. The van der Waals surface area contributed by atoms with Crippen molar-refractivity contribution in [2.75, 3.05) is 18.4 Å². The zero-order valence-electron chi connectivity index (χ0n) is 17.5. The summed E-state index contributed by atoms with van der Waals surface area (Å²) < 4.78 is 5.27. The number of thiazole rings is 1. The molecular formula is C22H29N3O3S. The molecule has 1 aliphatic heterocycles. The number of anilines is 1. The molecule has 1 N–H and O–H groups in total. The highest BCUT2D eigenvalue weighted by atomic mass is 32.1. The lowest BCUT2D eigenvalue weighted by Gasteiger charge is -2.32. The molecule has 1 aromatic carbocycles. The summed E-state index contributed by atoms with van der Waals surface area (Å²) in [5.41, 5.74) is 1.82. The van der Waals surface area contributed by atoms with Crippen molar-refractivity contribution in [3.05, 3.63) is 46.4 Å². The van der Waals surface area contributed by atoms with Crippen molar-refractivity contribution in [3.63, 3.8) is 0 Å². The minimum atomic E-state index is -0.817. The maximum absolute atomic E-state index is 12.7. The molecule has 1 unspecified atom stereocenters. The number of likely N-dealkylation sites (tertiary alicyclic amines) is 1. The number of hydrogen-bond donors (Lipinski definition) is 1. The zero-order chi connectivity index (χ0) is 21.0. The third kappa shape index (κ3) is 5.56. The van der Waals surface area contributed by atoms with Gasteiger partial charge in [-0.3, -0.25) is 10.1 Å². The van der Waals surface area contributed by atoms with Crippen LogP contribution in [0.5, 0.6) is 0 Å². The minimum Gasteiger partial charge on any atom is -0.436 e. The van der Waals surface area contributed by atoms with Crippen molar-refractivity contribution >= 4 is 29.0 Å². The van der Waals surface area contributed by atoms with E-state index < -0.39 is 12.2 Å². The van der Waals surface area contributed by atoms with Crippen molar-refractivity contribution in [1.82, 2.24) is 9.88 Å². The summed E-state index contributed by atoms with van der Waals surface area (Å²) in [6.07, 6.45) is 0.324. The monoisotopic (exact) mass is 415 g/mol. The smallest absolute Gasteiger partial charge is 0.412 e. The van der Waals surface area contributed by atoms with Crippen LogP contribution >= 0.6 is 11.3 Å².